The third-order valence-electron chi connectivity index (χ3n) is 5.31. The van der Waals surface area contributed by atoms with Gasteiger partial charge in [0, 0.05) is 41.9 Å². The highest BCUT2D eigenvalue weighted by Crippen LogP contribution is 2.34. The van der Waals surface area contributed by atoms with Crippen molar-refractivity contribution in [2.24, 2.45) is 0 Å². The third-order valence-corrected chi connectivity index (χ3v) is 6.84. The third kappa shape index (κ3) is 4.60. The average Bonchev–Trinajstić information content (AvgIpc) is 3.24. The summed E-state index contributed by atoms with van der Waals surface area (Å²) in [6.45, 7) is 2.23. The number of rotatable bonds is 3. The van der Waals surface area contributed by atoms with Crippen molar-refractivity contribution >= 4 is 61.1 Å². The first-order chi connectivity index (χ1) is 16.0. The summed E-state index contributed by atoms with van der Waals surface area (Å²) in [4.78, 5) is 30.7. The van der Waals surface area contributed by atoms with Crippen LogP contribution in [-0.2, 0) is 0 Å². The smallest absolute Gasteiger partial charge is 0.321 e. The van der Waals surface area contributed by atoms with Gasteiger partial charge in [0.1, 0.15) is 16.3 Å². The molecule has 11 heteroatoms. The van der Waals surface area contributed by atoms with Crippen LogP contribution in [-0.4, -0.2) is 52.1 Å². The molecule has 33 heavy (non-hydrogen) atoms. The number of aromatic nitrogens is 3. The zero-order valence-electron chi connectivity index (χ0n) is 17.3. The number of benzene rings is 2. The number of urea groups is 1. The van der Waals surface area contributed by atoms with Crippen molar-refractivity contribution in [2.75, 3.05) is 42.1 Å². The fraction of sp³-hybridized carbons (Fsp3) is 0.182. The zero-order valence-corrected chi connectivity index (χ0v) is 19.7. The maximum atomic E-state index is 13.3. The Kier molecular flexibility index (Phi) is 5.81. The van der Waals surface area contributed by atoms with Crippen LogP contribution >= 0.6 is 27.3 Å². The van der Waals surface area contributed by atoms with Gasteiger partial charge in [-0.3, -0.25) is 0 Å². The molecule has 2 amide bonds. The van der Waals surface area contributed by atoms with E-state index in [0.717, 1.165) is 20.7 Å². The molecule has 3 heterocycles. The monoisotopic (exact) mass is 527 g/mol. The lowest BCUT2D eigenvalue weighted by atomic mass is 10.2. The highest BCUT2D eigenvalue weighted by Gasteiger charge is 2.25. The number of thiazole rings is 1. The van der Waals surface area contributed by atoms with Gasteiger partial charge in [-0.15, -0.1) is 0 Å². The van der Waals surface area contributed by atoms with E-state index in [4.69, 9.17) is 10.7 Å². The lowest BCUT2D eigenvalue weighted by molar-refractivity contribution is 0.208. The second-order valence-corrected chi connectivity index (χ2v) is 9.39. The van der Waals surface area contributed by atoms with E-state index in [2.05, 4.69) is 36.1 Å². The fourth-order valence-electron chi connectivity index (χ4n) is 3.62. The average molecular weight is 528 g/mol. The van der Waals surface area contributed by atoms with Crippen LogP contribution in [0.15, 0.2) is 53.0 Å². The molecule has 0 unspecified atom stereocenters. The summed E-state index contributed by atoms with van der Waals surface area (Å²) in [5.41, 5.74) is 8.17. The number of anilines is 3. The van der Waals surface area contributed by atoms with E-state index in [0.29, 0.717) is 42.3 Å². The number of nitrogen functional groups attached to an aromatic ring is 1. The molecule has 0 spiro atoms. The number of hydrogen-bond donors (Lipinski definition) is 2. The second kappa shape index (κ2) is 8.91. The number of carbonyl (C=O) groups is 1. The summed E-state index contributed by atoms with van der Waals surface area (Å²) in [5, 5.41) is 3.64. The van der Waals surface area contributed by atoms with E-state index in [9.17, 15) is 9.18 Å². The molecule has 2 aromatic carbocycles. The number of amides is 2. The van der Waals surface area contributed by atoms with Gasteiger partial charge in [0.25, 0.3) is 0 Å². The Morgan fingerprint density at radius 2 is 1.70 bits per heavy atom. The van der Waals surface area contributed by atoms with E-state index in [1.807, 2.05) is 24.3 Å². The highest BCUT2D eigenvalue weighted by atomic mass is 79.9. The molecule has 0 aliphatic carbocycles. The Bertz CT molecular complexity index is 1310. The quantitative estimate of drug-likeness (QED) is 0.404. The van der Waals surface area contributed by atoms with E-state index >= 15 is 0 Å². The van der Waals surface area contributed by atoms with E-state index in [1.54, 1.807) is 17.0 Å². The summed E-state index contributed by atoms with van der Waals surface area (Å²) < 4.78 is 14.2. The number of nitrogens with zero attached hydrogens (tertiary/aromatic N) is 5. The lowest BCUT2D eigenvalue weighted by Gasteiger charge is -2.35. The predicted molar refractivity (Wildman–Crippen MR) is 132 cm³/mol. The maximum absolute atomic E-state index is 13.3. The number of halogens is 2. The van der Waals surface area contributed by atoms with Crippen LogP contribution in [0, 0.1) is 5.82 Å². The van der Waals surface area contributed by atoms with Crippen LogP contribution in [0.25, 0.3) is 20.9 Å². The number of piperazine rings is 1. The first-order valence-electron chi connectivity index (χ1n) is 10.2. The van der Waals surface area contributed by atoms with E-state index < -0.39 is 0 Å². The normalized spacial score (nSPS) is 14.0. The number of nitrogens with two attached hydrogens (primary N) is 1. The Balaban J connectivity index is 1.33. The minimum absolute atomic E-state index is 0.142. The van der Waals surface area contributed by atoms with Crippen molar-refractivity contribution < 1.29 is 9.18 Å². The number of fused-ring (bicyclic) bond motifs is 1. The molecule has 4 aromatic rings. The molecule has 0 radical (unpaired) electrons. The maximum Gasteiger partial charge on any atom is 0.321 e. The summed E-state index contributed by atoms with van der Waals surface area (Å²) in [7, 11) is 0. The van der Waals surface area contributed by atoms with Gasteiger partial charge >= 0.3 is 6.03 Å². The molecule has 1 aliphatic heterocycles. The molecule has 1 aliphatic rings. The van der Waals surface area contributed by atoms with Gasteiger partial charge in [-0.1, -0.05) is 27.3 Å². The molecule has 168 valence electrons. The van der Waals surface area contributed by atoms with Crippen LogP contribution in [0.3, 0.4) is 0 Å². The van der Waals surface area contributed by atoms with Gasteiger partial charge in [0.2, 0.25) is 5.95 Å². The van der Waals surface area contributed by atoms with Crippen molar-refractivity contribution in [1.29, 1.82) is 0 Å². The summed E-state index contributed by atoms with van der Waals surface area (Å²) >= 11 is 4.78. The molecule has 8 nitrogen and oxygen atoms in total. The van der Waals surface area contributed by atoms with Gasteiger partial charge in [-0.2, -0.15) is 4.98 Å². The summed E-state index contributed by atoms with van der Waals surface area (Å²) in [5.74, 6) is 0.518. The van der Waals surface area contributed by atoms with Crippen molar-refractivity contribution in [3.63, 3.8) is 0 Å². The number of nitrogens with one attached hydrogen (secondary N) is 1. The Morgan fingerprint density at radius 1 is 1.00 bits per heavy atom. The minimum atomic E-state index is -0.299. The molecule has 2 aromatic heterocycles. The molecule has 1 saturated heterocycles. The van der Waals surface area contributed by atoms with Gasteiger partial charge in [-0.25, -0.2) is 19.2 Å². The van der Waals surface area contributed by atoms with E-state index in [1.165, 1.54) is 23.5 Å². The van der Waals surface area contributed by atoms with Crippen LogP contribution in [0.1, 0.15) is 0 Å². The van der Waals surface area contributed by atoms with E-state index in [-0.39, 0.29) is 17.8 Å². The van der Waals surface area contributed by atoms with Crippen LogP contribution in [0.5, 0.6) is 0 Å². The molecular weight excluding hydrogens is 509 g/mol. The molecule has 1 fully saturated rings. The molecule has 3 N–H and O–H groups in total. The standard InChI is InChI=1S/C22H19BrFN7OS/c23-14-3-7-16(8-4-14)26-22(32)31-11-9-30(10-12-31)18-17-20(29-21(25)28-18)33-19(27-17)13-1-5-15(24)6-2-13/h1-8H,9-12H2,(H,26,32)(H2,25,28,29). The van der Waals surface area contributed by atoms with Gasteiger partial charge < -0.3 is 20.9 Å². The first kappa shape index (κ1) is 21.5. The molecular formula is C22H19BrFN7OS. The summed E-state index contributed by atoms with van der Waals surface area (Å²) in [6, 6.07) is 13.5. The topological polar surface area (TPSA) is 100 Å². The molecule has 5 rings (SSSR count). The second-order valence-electron chi connectivity index (χ2n) is 7.50. The predicted octanol–water partition coefficient (Wildman–Crippen LogP) is 4.59. The Hall–Kier alpha value is -3.31. The van der Waals surface area contributed by atoms with Crippen LogP contribution < -0.4 is 16.0 Å². The molecule has 0 atom stereocenters. The van der Waals surface area contributed by atoms with Crippen molar-refractivity contribution in [3.8, 4) is 10.6 Å². The van der Waals surface area contributed by atoms with Crippen LogP contribution in [0.2, 0.25) is 0 Å². The highest BCUT2D eigenvalue weighted by molar-refractivity contribution is 9.10. The van der Waals surface area contributed by atoms with Gasteiger partial charge in [-0.05, 0) is 48.5 Å². The van der Waals surface area contributed by atoms with Crippen LogP contribution in [0.4, 0.5) is 26.6 Å². The van der Waals surface area contributed by atoms with Crippen molar-refractivity contribution in [2.45, 2.75) is 0 Å². The van der Waals surface area contributed by atoms with Gasteiger partial charge in [0.05, 0.1) is 0 Å². The van der Waals surface area contributed by atoms with Crippen molar-refractivity contribution in [3.05, 3.63) is 58.8 Å². The Morgan fingerprint density at radius 3 is 2.39 bits per heavy atom. The van der Waals surface area contributed by atoms with Crippen molar-refractivity contribution in [1.82, 2.24) is 19.9 Å². The number of carbonyl (C=O) groups excluding carboxylic acids is 1. The minimum Gasteiger partial charge on any atom is -0.368 e. The Labute approximate surface area is 201 Å². The zero-order chi connectivity index (χ0) is 22.9. The number of hydrogen-bond acceptors (Lipinski definition) is 7. The fourth-order valence-corrected chi connectivity index (χ4v) is 4.83. The lowest BCUT2D eigenvalue weighted by Crippen LogP contribution is -2.50. The molecule has 0 saturated carbocycles. The molecule has 0 bridgehead atoms. The largest absolute Gasteiger partial charge is 0.368 e. The summed E-state index contributed by atoms with van der Waals surface area (Å²) in [6.07, 6.45) is 0. The van der Waals surface area contributed by atoms with Gasteiger partial charge in [0.15, 0.2) is 10.6 Å². The first-order valence-corrected chi connectivity index (χ1v) is 11.8. The SMILES string of the molecule is Nc1nc(N2CCN(C(=O)Nc3ccc(Br)cc3)CC2)c2nc(-c3ccc(F)cc3)sc2n1.